The Hall–Kier alpha value is -3.29. The summed E-state index contributed by atoms with van der Waals surface area (Å²) < 4.78 is 46.7. The number of anilines is 1. The first-order valence-corrected chi connectivity index (χ1v) is 10.7. The van der Waals surface area contributed by atoms with E-state index in [1.165, 1.54) is 12.1 Å². The lowest BCUT2D eigenvalue weighted by molar-refractivity contribution is -0.274. The van der Waals surface area contributed by atoms with Crippen LogP contribution in [0.4, 0.5) is 19.1 Å². The third-order valence-corrected chi connectivity index (χ3v) is 5.72. The van der Waals surface area contributed by atoms with Crippen LogP contribution in [0.2, 0.25) is 0 Å². The third kappa shape index (κ3) is 6.60. The number of nitrogens with one attached hydrogen (secondary N) is 1. The van der Waals surface area contributed by atoms with E-state index in [4.69, 9.17) is 4.74 Å². The van der Waals surface area contributed by atoms with Crippen molar-refractivity contribution in [1.82, 2.24) is 9.97 Å². The summed E-state index contributed by atoms with van der Waals surface area (Å²) in [7, 11) is 1.62. The highest BCUT2D eigenvalue weighted by Gasteiger charge is 2.33. The average Bonchev–Trinajstić information content (AvgIpc) is 2.79. The Kier molecular flexibility index (Phi) is 7.46. The monoisotopic (exact) mass is 459 g/mol. The molecule has 33 heavy (non-hydrogen) atoms. The molecule has 0 amide bonds. The number of hydrogen-bond acceptors (Lipinski definition) is 5. The van der Waals surface area contributed by atoms with E-state index in [1.807, 2.05) is 31.2 Å². The van der Waals surface area contributed by atoms with Gasteiger partial charge in [0, 0.05) is 23.9 Å². The van der Waals surface area contributed by atoms with Gasteiger partial charge in [0.25, 0.3) is 0 Å². The number of rotatable bonds is 9. The van der Waals surface area contributed by atoms with Gasteiger partial charge in [-0.2, -0.15) is 0 Å². The van der Waals surface area contributed by atoms with Crippen LogP contribution in [0, 0.1) is 0 Å². The first kappa shape index (κ1) is 24.4. The molecule has 1 aromatic heterocycles. The van der Waals surface area contributed by atoms with E-state index in [1.54, 1.807) is 31.6 Å². The first-order chi connectivity index (χ1) is 15.6. The number of hydrogen-bond donors (Lipinski definition) is 1. The number of aromatic nitrogens is 2. The van der Waals surface area contributed by atoms with E-state index in [0.717, 1.165) is 28.9 Å². The lowest BCUT2D eigenvalue weighted by Gasteiger charge is -2.36. The maximum Gasteiger partial charge on any atom is 0.573 e. The van der Waals surface area contributed by atoms with E-state index >= 15 is 0 Å². The zero-order valence-electron chi connectivity index (χ0n) is 19.1. The summed E-state index contributed by atoms with van der Waals surface area (Å²) in [5.41, 5.74) is 2.59. The highest BCUT2D eigenvalue weighted by molar-refractivity contribution is 5.38. The van der Waals surface area contributed by atoms with E-state index in [2.05, 4.69) is 33.9 Å². The van der Waals surface area contributed by atoms with Crippen LogP contribution in [-0.4, -0.2) is 29.5 Å². The van der Waals surface area contributed by atoms with Crippen LogP contribution in [0.15, 0.2) is 60.9 Å². The third-order valence-electron chi connectivity index (χ3n) is 5.72. The van der Waals surface area contributed by atoms with Gasteiger partial charge in [-0.05, 0) is 53.8 Å². The van der Waals surface area contributed by atoms with Crippen molar-refractivity contribution in [3.8, 4) is 11.5 Å². The summed E-state index contributed by atoms with van der Waals surface area (Å²) in [4.78, 5) is 8.87. The van der Waals surface area contributed by atoms with Gasteiger partial charge in [0.15, 0.2) is 0 Å². The van der Waals surface area contributed by atoms with Gasteiger partial charge in [0.05, 0.1) is 7.11 Å². The predicted octanol–water partition coefficient (Wildman–Crippen LogP) is 5.95. The second-order valence-electron chi connectivity index (χ2n) is 8.31. The summed E-state index contributed by atoms with van der Waals surface area (Å²) in [6.45, 7) is 6.25. The Morgan fingerprint density at radius 3 is 1.97 bits per heavy atom. The van der Waals surface area contributed by atoms with Gasteiger partial charge in [-0.25, -0.2) is 9.97 Å². The second kappa shape index (κ2) is 10.1. The number of nitrogens with zero attached hydrogens (tertiary/aromatic N) is 2. The molecule has 0 aliphatic heterocycles. The van der Waals surface area contributed by atoms with E-state index in [0.29, 0.717) is 12.4 Å². The van der Waals surface area contributed by atoms with Gasteiger partial charge >= 0.3 is 6.36 Å². The minimum atomic E-state index is -4.72. The van der Waals surface area contributed by atoms with Gasteiger partial charge in [-0.1, -0.05) is 45.0 Å². The Labute approximate surface area is 192 Å². The van der Waals surface area contributed by atoms with Crippen molar-refractivity contribution in [2.24, 2.45) is 0 Å². The molecule has 0 saturated carbocycles. The highest BCUT2D eigenvalue weighted by atomic mass is 19.4. The second-order valence-corrected chi connectivity index (χ2v) is 8.31. The largest absolute Gasteiger partial charge is 0.573 e. The molecule has 5 nitrogen and oxygen atoms in total. The summed E-state index contributed by atoms with van der Waals surface area (Å²) in [5, 5.41) is 3.43. The number of methoxy groups -OCH3 is 1. The zero-order valence-corrected chi connectivity index (χ0v) is 19.1. The van der Waals surface area contributed by atoms with Crippen molar-refractivity contribution in [3.63, 3.8) is 0 Å². The van der Waals surface area contributed by atoms with Crippen LogP contribution in [0.25, 0.3) is 0 Å². The zero-order chi connectivity index (χ0) is 24.1. The fourth-order valence-corrected chi connectivity index (χ4v) is 3.54. The molecule has 0 radical (unpaired) electrons. The van der Waals surface area contributed by atoms with E-state index in [-0.39, 0.29) is 17.2 Å². The summed E-state index contributed by atoms with van der Waals surface area (Å²) in [6.07, 6.45) is 0.230. The standard InChI is InChI=1S/C25H28F3N3O2/c1-5-17-15-29-23(30-16-17)31-22(24(2,3)19-8-12-20(32-4)13-9-19)14-18-6-10-21(11-7-18)33-25(26,27)28/h6-13,15-16,22H,5,14H2,1-4H3,(H,29,30,31). The molecular weight excluding hydrogens is 431 g/mol. The highest BCUT2D eigenvalue weighted by Crippen LogP contribution is 2.32. The Balaban J connectivity index is 1.88. The molecule has 8 heteroatoms. The van der Waals surface area contributed by atoms with Gasteiger partial charge in [-0.15, -0.1) is 13.2 Å². The van der Waals surface area contributed by atoms with Crippen molar-refractivity contribution in [2.75, 3.05) is 12.4 Å². The fourth-order valence-electron chi connectivity index (χ4n) is 3.54. The van der Waals surface area contributed by atoms with E-state index in [9.17, 15) is 13.2 Å². The summed E-state index contributed by atoms with van der Waals surface area (Å²) in [5.74, 6) is 1.01. The van der Waals surface area contributed by atoms with E-state index < -0.39 is 6.36 Å². The van der Waals surface area contributed by atoms with Gasteiger partial charge in [-0.3, -0.25) is 0 Å². The smallest absolute Gasteiger partial charge is 0.497 e. The Bertz CT molecular complexity index is 1020. The molecule has 0 aliphatic rings. The molecule has 0 bridgehead atoms. The molecule has 0 aliphatic carbocycles. The van der Waals surface area contributed by atoms with Crippen LogP contribution >= 0.6 is 0 Å². The van der Waals surface area contributed by atoms with Crippen molar-refractivity contribution >= 4 is 5.95 Å². The minimum absolute atomic E-state index is 0.159. The molecule has 0 saturated heterocycles. The van der Waals surface area contributed by atoms with Crippen LogP contribution in [0.5, 0.6) is 11.5 Å². The SMILES string of the molecule is CCc1cnc(NC(Cc2ccc(OC(F)(F)F)cc2)C(C)(C)c2ccc(OC)cc2)nc1. The molecular formula is C25H28F3N3O2. The summed E-state index contributed by atoms with van der Waals surface area (Å²) in [6, 6.07) is 13.6. The molecule has 3 rings (SSSR count). The topological polar surface area (TPSA) is 56.3 Å². The van der Waals surface area contributed by atoms with Crippen LogP contribution in [0.3, 0.4) is 0 Å². The molecule has 1 heterocycles. The Morgan fingerprint density at radius 2 is 1.45 bits per heavy atom. The average molecular weight is 460 g/mol. The molecule has 0 spiro atoms. The van der Waals surface area contributed by atoms with Crippen molar-refractivity contribution in [2.45, 2.75) is 51.4 Å². The molecule has 2 aromatic carbocycles. The quantitative estimate of drug-likeness (QED) is 0.429. The molecule has 1 unspecified atom stereocenters. The Morgan fingerprint density at radius 1 is 0.879 bits per heavy atom. The first-order valence-electron chi connectivity index (χ1n) is 10.7. The molecule has 176 valence electrons. The maximum atomic E-state index is 12.5. The lowest BCUT2D eigenvalue weighted by Crippen LogP contribution is -2.42. The maximum absolute atomic E-state index is 12.5. The molecule has 1 atom stereocenters. The van der Waals surface area contributed by atoms with Crippen LogP contribution in [-0.2, 0) is 18.3 Å². The van der Waals surface area contributed by atoms with Crippen molar-refractivity contribution < 1.29 is 22.6 Å². The number of halogens is 3. The van der Waals surface area contributed by atoms with Crippen LogP contribution < -0.4 is 14.8 Å². The predicted molar refractivity (Wildman–Crippen MR) is 122 cm³/mol. The fraction of sp³-hybridized carbons (Fsp3) is 0.360. The van der Waals surface area contributed by atoms with Crippen LogP contribution in [0.1, 0.15) is 37.5 Å². The normalized spacial score (nSPS) is 12.8. The van der Waals surface area contributed by atoms with Gasteiger partial charge in [0.2, 0.25) is 5.95 Å². The lowest BCUT2D eigenvalue weighted by atomic mass is 9.75. The summed E-state index contributed by atoms with van der Waals surface area (Å²) >= 11 is 0. The number of alkyl halides is 3. The minimum Gasteiger partial charge on any atom is -0.497 e. The van der Waals surface area contributed by atoms with Crippen molar-refractivity contribution in [1.29, 1.82) is 0 Å². The van der Waals surface area contributed by atoms with Gasteiger partial charge in [0.1, 0.15) is 11.5 Å². The molecule has 0 fully saturated rings. The number of aryl methyl sites for hydroxylation is 1. The number of benzene rings is 2. The number of ether oxygens (including phenoxy) is 2. The molecule has 1 N–H and O–H groups in total. The molecule has 3 aromatic rings. The van der Waals surface area contributed by atoms with Gasteiger partial charge < -0.3 is 14.8 Å². The van der Waals surface area contributed by atoms with Crippen molar-refractivity contribution in [3.05, 3.63) is 77.6 Å².